The van der Waals surface area contributed by atoms with E-state index >= 15 is 0 Å². The maximum absolute atomic E-state index is 5.58. The number of methoxy groups -OCH3 is 1. The smallest absolute Gasteiger partial charge is 0.145 e. The quantitative estimate of drug-likeness (QED) is 0.429. The highest BCUT2D eigenvalue weighted by Crippen LogP contribution is 2.30. The number of anilines is 2. The maximum Gasteiger partial charge on any atom is 0.145 e. The SMILES string of the molecule is COc1cccc2c(C)cc(N3CCN(c4nc(C)nc(C)c4Cc4ccccc4)CC3)nc12. The van der Waals surface area contributed by atoms with Crippen LogP contribution in [0.1, 0.15) is 28.2 Å². The second-order valence-electron chi connectivity index (χ2n) is 8.95. The minimum atomic E-state index is 0.818. The molecule has 6 nitrogen and oxygen atoms in total. The fourth-order valence-corrected chi connectivity index (χ4v) is 4.83. The highest BCUT2D eigenvalue weighted by atomic mass is 16.5. The van der Waals surface area contributed by atoms with Crippen molar-refractivity contribution in [3.63, 3.8) is 0 Å². The largest absolute Gasteiger partial charge is 0.494 e. The van der Waals surface area contributed by atoms with Crippen molar-refractivity contribution in [2.24, 2.45) is 0 Å². The molecule has 4 aromatic rings. The Morgan fingerprint density at radius 2 is 1.56 bits per heavy atom. The molecule has 6 heteroatoms. The van der Waals surface area contributed by atoms with Gasteiger partial charge in [-0.15, -0.1) is 0 Å². The predicted molar refractivity (Wildman–Crippen MR) is 138 cm³/mol. The molecule has 5 rings (SSSR count). The molecular weight excluding hydrogens is 422 g/mol. The first-order valence-corrected chi connectivity index (χ1v) is 11.9. The van der Waals surface area contributed by atoms with Gasteiger partial charge in [0.05, 0.1) is 7.11 Å². The lowest BCUT2D eigenvalue weighted by molar-refractivity contribution is 0.419. The van der Waals surface area contributed by atoms with Crippen LogP contribution in [0.2, 0.25) is 0 Å². The predicted octanol–water partition coefficient (Wildman–Crippen LogP) is 4.88. The van der Waals surface area contributed by atoms with Crippen LogP contribution in [-0.4, -0.2) is 48.2 Å². The Morgan fingerprint density at radius 1 is 0.824 bits per heavy atom. The number of ether oxygens (including phenoxy) is 1. The van der Waals surface area contributed by atoms with E-state index in [0.29, 0.717) is 0 Å². The number of nitrogens with zero attached hydrogens (tertiary/aromatic N) is 5. The fraction of sp³-hybridized carbons (Fsp3) is 0.321. The second-order valence-corrected chi connectivity index (χ2v) is 8.95. The van der Waals surface area contributed by atoms with Gasteiger partial charge in [0.1, 0.15) is 28.7 Å². The summed E-state index contributed by atoms with van der Waals surface area (Å²) in [5.41, 5.74) is 5.70. The van der Waals surface area contributed by atoms with Crippen molar-refractivity contribution in [3.8, 4) is 5.75 Å². The molecule has 0 spiro atoms. The molecule has 0 unspecified atom stereocenters. The van der Waals surface area contributed by atoms with Crippen LogP contribution < -0.4 is 14.5 Å². The van der Waals surface area contributed by atoms with E-state index in [4.69, 9.17) is 14.7 Å². The number of aromatic nitrogens is 3. The van der Waals surface area contributed by atoms with Gasteiger partial charge >= 0.3 is 0 Å². The van der Waals surface area contributed by atoms with Crippen LogP contribution >= 0.6 is 0 Å². The van der Waals surface area contributed by atoms with Gasteiger partial charge in [0.2, 0.25) is 0 Å². The Labute approximate surface area is 201 Å². The molecule has 0 N–H and O–H groups in total. The topological polar surface area (TPSA) is 54.4 Å². The van der Waals surface area contributed by atoms with Crippen molar-refractivity contribution in [2.45, 2.75) is 27.2 Å². The molecule has 2 aromatic carbocycles. The average molecular weight is 454 g/mol. The Bertz CT molecular complexity index is 1310. The molecule has 174 valence electrons. The lowest BCUT2D eigenvalue weighted by Gasteiger charge is -2.37. The van der Waals surface area contributed by atoms with Crippen molar-refractivity contribution < 1.29 is 4.74 Å². The Kier molecular flexibility index (Phi) is 6.05. The number of hydrogen-bond acceptors (Lipinski definition) is 6. The third kappa shape index (κ3) is 4.28. The van der Waals surface area contributed by atoms with Gasteiger partial charge in [-0.05, 0) is 44.0 Å². The summed E-state index contributed by atoms with van der Waals surface area (Å²) < 4.78 is 5.58. The minimum absolute atomic E-state index is 0.818. The molecule has 2 aromatic heterocycles. The first-order valence-electron chi connectivity index (χ1n) is 11.9. The second kappa shape index (κ2) is 9.29. The van der Waals surface area contributed by atoms with Crippen LogP contribution in [0.15, 0.2) is 54.6 Å². The molecule has 1 aliphatic heterocycles. The molecule has 3 heterocycles. The number of rotatable bonds is 5. The van der Waals surface area contributed by atoms with Gasteiger partial charge in [-0.1, -0.05) is 42.5 Å². The van der Waals surface area contributed by atoms with Crippen LogP contribution in [0.25, 0.3) is 10.9 Å². The number of fused-ring (bicyclic) bond motifs is 1. The molecule has 1 fully saturated rings. The molecule has 0 saturated carbocycles. The summed E-state index contributed by atoms with van der Waals surface area (Å²) >= 11 is 0. The molecule has 1 saturated heterocycles. The maximum atomic E-state index is 5.58. The van der Waals surface area contributed by atoms with E-state index in [1.54, 1.807) is 7.11 Å². The van der Waals surface area contributed by atoms with Crippen molar-refractivity contribution in [3.05, 3.63) is 82.8 Å². The van der Waals surface area contributed by atoms with Gasteiger partial charge in [-0.3, -0.25) is 0 Å². The summed E-state index contributed by atoms with van der Waals surface area (Å²) in [6.45, 7) is 9.78. The van der Waals surface area contributed by atoms with Gasteiger partial charge in [-0.25, -0.2) is 15.0 Å². The zero-order valence-corrected chi connectivity index (χ0v) is 20.4. The van der Waals surface area contributed by atoms with Gasteiger partial charge in [0, 0.05) is 49.2 Å². The van der Waals surface area contributed by atoms with E-state index in [1.807, 2.05) is 19.1 Å². The zero-order chi connectivity index (χ0) is 23.7. The van der Waals surface area contributed by atoms with Crippen molar-refractivity contribution >= 4 is 22.5 Å². The molecule has 0 radical (unpaired) electrons. The molecule has 0 atom stereocenters. The van der Waals surface area contributed by atoms with Gasteiger partial charge in [0.25, 0.3) is 0 Å². The van der Waals surface area contributed by atoms with E-state index < -0.39 is 0 Å². The molecule has 34 heavy (non-hydrogen) atoms. The minimum Gasteiger partial charge on any atom is -0.494 e. The number of hydrogen-bond donors (Lipinski definition) is 0. The van der Waals surface area contributed by atoms with Gasteiger partial charge in [-0.2, -0.15) is 0 Å². The number of aryl methyl sites for hydroxylation is 3. The lowest BCUT2D eigenvalue weighted by atomic mass is 10.0. The molecular formula is C28H31N5O. The van der Waals surface area contributed by atoms with E-state index in [-0.39, 0.29) is 0 Å². The molecule has 0 aliphatic carbocycles. The summed E-state index contributed by atoms with van der Waals surface area (Å²) in [5.74, 6) is 3.72. The summed E-state index contributed by atoms with van der Waals surface area (Å²) in [6.07, 6.45) is 0.841. The van der Waals surface area contributed by atoms with E-state index in [1.165, 1.54) is 16.7 Å². The third-order valence-electron chi connectivity index (χ3n) is 6.65. The Hall–Kier alpha value is -3.67. The number of piperazine rings is 1. The summed E-state index contributed by atoms with van der Waals surface area (Å²) in [5, 5.41) is 1.14. The first-order chi connectivity index (χ1) is 16.5. The molecule has 0 bridgehead atoms. The van der Waals surface area contributed by atoms with E-state index in [9.17, 15) is 0 Å². The molecule has 0 amide bonds. The van der Waals surface area contributed by atoms with Crippen LogP contribution in [0.3, 0.4) is 0 Å². The normalized spacial score (nSPS) is 14.0. The van der Waals surface area contributed by atoms with Gasteiger partial charge < -0.3 is 14.5 Å². The summed E-state index contributed by atoms with van der Waals surface area (Å²) in [7, 11) is 1.70. The molecule has 1 aliphatic rings. The first kappa shape index (κ1) is 22.1. The number of para-hydroxylation sites is 1. The van der Waals surface area contributed by atoms with Crippen LogP contribution in [0.5, 0.6) is 5.75 Å². The van der Waals surface area contributed by atoms with Crippen LogP contribution in [-0.2, 0) is 6.42 Å². The Morgan fingerprint density at radius 3 is 2.29 bits per heavy atom. The van der Waals surface area contributed by atoms with Crippen molar-refractivity contribution in [1.29, 1.82) is 0 Å². The number of pyridine rings is 1. The summed E-state index contributed by atoms with van der Waals surface area (Å²) in [4.78, 5) is 19.3. The highest BCUT2D eigenvalue weighted by Gasteiger charge is 2.24. The average Bonchev–Trinajstić information content (AvgIpc) is 2.86. The Balaban J connectivity index is 1.40. The zero-order valence-electron chi connectivity index (χ0n) is 20.4. The van der Waals surface area contributed by atoms with Gasteiger partial charge in [0.15, 0.2) is 0 Å². The van der Waals surface area contributed by atoms with Crippen molar-refractivity contribution in [2.75, 3.05) is 43.1 Å². The number of benzene rings is 2. The van der Waals surface area contributed by atoms with Crippen LogP contribution in [0, 0.1) is 20.8 Å². The van der Waals surface area contributed by atoms with E-state index in [0.717, 1.165) is 72.4 Å². The lowest BCUT2D eigenvalue weighted by Crippen LogP contribution is -2.47. The van der Waals surface area contributed by atoms with Crippen molar-refractivity contribution in [1.82, 2.24) is 15.0 Å². The monoisotopic (exact) mass is 453 g/mol. The third-order valence-corrected chi connectivity index (χ3v) is 6.65. The highest BCUT2D eigenvalue weighted by molar-refractivity contribution is 5.89. The fourth-order valence-electron chi connectivity index (χ4n) is 4.83. The summed E-state index contributed by atoms with van der Waals surface area (Å²) in [6, 6.07) is 18.9. The van der Waals surface area contributed by atoms with E-state index in [2.05, 4.69) is 71.1 Å². The van der Waals surface area contributed by atoms with Crippen LogP contribution in [0.4, 0.5) is 11.6 Å². The standard InChI is InChI=1S/C28H31N5O/c1-19-17-26(31-27-23(19)11-8-12-25(27)34-4)32-13-15-33(16-14-32)28-24(20(2)29-21(3)30-28)18-22-9-6-5-7-10-22/h5-12,17H,13-16,18H2,1-4H3.